The summed E-state index contributed by atoms with van der Waals surface area (Å²) >= 11 is 0. The average molecular weight is 504 g/mol. The summed E-state index contributed by atoms with van der Waals surface area (Å²) in [6, 6.07) is 0. The van der Waals surface area contributed by atoms with Gasteiger partial charge in [0.2, 0.25) is 0 Å². The minimum atomic E-state index is -2.11. The fourth-order valence-corrected chi connectivity index (χ4v) is 3.54. The lowest BCUT2D eigenvalue weighted by Gasteiger charge is -2.44. The first-order chi connectivity index (χ1) is 16.0. The monoisotopic (exact) mass is 504 g/mol. The summed E-state index contributed by atoms with van der Waals surface area (Å²) in [5, 5.41) is 108. The van der Waals surface area contributed by atoms with E-state index >= 15 is 0 Å². The number of aldehydes is 1. The number of ether oxygens (including phenoxy) is 4. The fraction of sp³-hybridized carbons (Fsp3) is 0.944. The van der Waals surface area contributed by atoms with Crippen LogP contribution < -0.4 is 0 Å². The first kappa shape index (κ1) is 29.3. The van der Waals surface area contributed by atoms with E-state index in [4.69, 9.17) is 18.9 Å². The van der Waals surface area contributed by atoms with Gasteiger partial charge in [0.15, 0.2) is 18.9 Å². The molecule has 0 amide bonds. The number of carbonyl (C=O) groups excluding carboxylic acids is 1. The van der Waals surface area contributed by atoms with Crippen molar-refractivity contribution in [3.63, 3.8) is 0 Å². The number of rotatable bonds is 11. The predicted octanol–water partition coefficient (Wildman–Crippen LogP) is -7.73. The van der Waals surface area contributed by atoms with E-state index in [1.165, 1.54) is 0 Å². The molecule has 0 bridgehead atoms. The number of hydrogen-bond acceptors (Lipinski definition) is 16. The van der Waals surface area contributed by atoms with Crippen LogP contribution in [0.15, 0.2) is 0 Å². The SMILES string of the molecule is O=C[C@@H](O[C@@H]1O[C@H](CO)[C@@H](O)[C@H](O)[C@@H]1O)[C@@H](O[C@@H]1O[C@H](CO)[C@@H](O)[C@H](O)[C@@H]1O)[C@H](O)[C@H](O)CO. The van der Waals surface area contributed by atoms with Gasteiger partial charge in [-0.2, -0.15) is 0 Å². The Morgan fingerprint density at radius 2 is 1.15 bits per heavy atom. The van der Waals surface area contributed by atoms with E-state index in [9.17, 15) is 61.0 Å². The van der Waals surface area contributed by atoms with E-state index < -0.39 is 106 Å². The zero-order valence-corrected chi connectivity index (χ0v) is 17.7. The lowest BCUT2D eigenvalue weighted by molar-refractivity contribution is -0.344. The molecular formula is C18H32O16. The van der Waals surface area contributed by atoms with Gasteiger partial charge < -0.3 is 79.9 Å². The Labute approximate surface area is 192 Å². The van der Waals surface area contributed by atoms with Crippen LogP contribution >= 0.6 is 0 Å². The molecule has 16 nitrogen and oxygen atoms in total. The van der Waals surface area contributed by atoms with Crippen molar-refractivity contribution in [2.24, 2.45) is 0 Å². The van der Waals surface area contributed by atoms with Gasteiger partial charge in [-0.3, -0.25) is 0 Å². The molecule has 0 aromatic heterocycles. The molecular weight excluding hydrogens is 472 g/mol. The Balaban J connectivity index is 2.28. The summed E-state index contributed by atoms with van der Waals surface area (Å²) in [5.74, 6) is 0. The molecule has 16 heteroatoms. The molecule has 2 heterocycles. The van der Waals surface area contributed by atoms with Gasteiger partial charge in [-0.25, -0.2) is 0 Å². The Morgan fingerprint density at radius 3 is 1.53 bits per heavy atom. The zero-order chi connectivity index (χ0) is 25.7. The number of aliphatic hydroxyl groups is 11. The molecule has 0 unspecified atom stereocenters. The maximum Gasteiger partial charge on any atom is 0.187 e. The molecule has 2 saturated heterocycles. The first-order valence-corrected chi connectivity index (χ1v) is 10.4. The summed E-state index contributed by atoms with van der Waals surface area (Å²) in [6.07, 6.45) is -25.8. The van der Waals surface area contributed by atoms with Gasteiger partial charge in [-0.05, 0) is 0 Å². The van der Waals surface area contributed by atoms with Gasteiger partial charge in [-0.1, -0.05) is 0 Å². The fourth-order valence-electron chi connectivity index (χ4n) is 3.54. The lowest BCUT2D eigenvalue weighted by Crippen LogP contribution is -2.63. The Hall–Kier alpha value is -0.930. The molecule has 0 saturated carbocycles. The molecule has 2 aliphatic heterocycles. The van der Waals surface area contributed by atoms with Crippen LogP contribution in [-0.2, 0) is 23.7 Å². The van der Waals surface area contributed by atoms with Gasteiger partial charge in [0.25, 0.3) is 0 Å². The van der Waals surface area contributed by atoms with Crippen LogP contribution in [-0.4, -0.2) is 168 Å². The molecule has 2 rings (SSSR count). The predicted molar refractivity (Wildman–Crippen MR) is 102 cm³/mol. The standard InChI is InChI=1S/C18H32O16/c19-1-5(23)9(24)16(34-18-15(30)13(28)11(26)7(3-21)32-18)8(4-22)33-17-14(29)12(27)10(25)6(2-20)31-17/h4-21,23-30H,1-3H2/t5-,6-,7-,8-,9-,10-,11-,12+,13+,14+,15+,16-,17+,18+/m1/s1. The highest BCUT2D eigenvalue weighted by Gasteiger charge is 2.49. The van der Waals surface area contributed by atoms with Gasteiger partial charge in [0.05, 0.1) is 19.8 Å². The molecule has 0 aromatic carbocycles. The molecule has 0 aliphatic carbocycles. The van der Waals surface area contributed by atoms with Gasteiger partial charge >= 0.3 is 0 Å². The number of hydrogen-bond donors (Lipinski definition) is 11. The van der Waals surface area contributed by atoms with Crippen molar-refractivity contribution in [1.29, 1.82) is 0 Å². The molecule has 0 radical (unpaired) electrons. The van der Waals surface area contributed by atoms with Gasteiger partial charge in [-0.15, -0.1) is 0 Å². The Morgan fingerprint density at radius 1 is 0.706 bits per heavy atom. The molecule has 0 aromatic rings. The van der Waals surface area contributed by atoms with E-state index in [0.717, 1.165) is 0 Å². The highest BCUT2D eigenvalue weighted by molar-refractivity contribution is 5.57. The molecule has 2 aliphatic rings. The van der Waals surface area contributed by atoms with Crippen molar-refractivity contribution in [3.05, 3.63) is 0 Å². The van der Waals surface area contributed by atoms with E-state index in [0.29, 0.717) is 0 Å². The second-order valence-electron chi connectivity index (χ2n) is 7.97. The highest BCUT2D eigenvalue weighted by Crippen LogP contribution is 2.28. The molecule has 0 spiro atoms. The summed E-state index contributed by atoms with van der Waals surface area (Å²) in [6.45, 7) is -2.66. The van der Waals surface area contributed by atoms with E-state index in [-0.39, 0.29) is 6.29 Å². The van der Waals surface area contributed by atoms with Gasteiger partial charge in [0.1, 0.15) is 73.2 Å². The summed E-state index contributed by atoms with van der Waals surface area (Å²) in [5.41, 5.74) is 0. The van der Waals surface area contributed by atoms with Crippen LogP contribution in [0.1, 0.15) is 0 Å². The second-order valence-corrected chi connectivity index (χ2v) is 7.97. The summed E-state index contributed by atoms with van der Waals surface area (Å²) in [7, 11) is 0. The van der Waals surface area contributed by atoms with Crippen molar-refractivity contribution < 1.29 is 79.9 Å². The normalized spacial score (nSPS) is 42.6. The van der Waals surface area contributed by atoms with Gasteiger partial charge in [0, 0.05) is 0 Å². The molecule has 2 fully saturated rings. The van der Waals surface area contributed by atoms with Crippen molar-refractivity contribution in [3.8, 4) is 0 Å². The third-order valence-corrected chi connectivity index (χ3v) is 5.66. The van der Waals surface area contributed by atoms with Crippen molar-refractivity contribution in [2.75, 3.05) is 19.8 Å². The third-order valence-electron chi connectivity index (χ3n) is 5.66. The highest BCUT2D eigenvalue weighted by atomic mass is 16.7. The minimum absolute atomic E-state index is 0.0173. The second kappa shape index (κ2) is 12.9. The summed E-state index contributed by atoms with van der Waals surface area (Å²) < 4.78 is 20.9. The van der Waals surface area contributed by atoms with Crippen molar-refractivity contribution >= 4 is 6.29 Å². The van der Waals surface area contributed by atoms with Crippen LogP contribution in [0.2, 0.25) is 0 Å². The first-order valence-electron chi connectivity index (χ1n) is 10.4. The molecule has 200 valence electrons. The maximum atomic E-state index is 11.8. The van der Waals surface area contributed by atoms with Crippen LogP contribution in [0, 0.1) is 0 Å². The molecule has 11 N–H and O–H groups in total. The van der Waals surface area contributed by atoms with Crippen LogP contribution in [0.3, 0.4) is 0 Å². The summed E-state index contributed by atoms with van der Waals surface area (Å²) in [4.78, 5) is 11.8. The molecule has 34 heavy (non-hydrogen) atoms. The smallest absolute Gasteiger partial charge is 0.187 e. The quantitative estimate of drug-likeness (QED) is 0.117. The van der Waals surface area contributed by atoms with Crippen LogP contribution in [0.5, 0.6) is 0 Å². The Kier molecular flexibility index (Phi) is 11.1. The van der Waals surface area contributed by atoms with Crippen LogP contribution in [0.25, 0.3) is 0 Å². The van der Waals surface area contributed by atoms with Crippen molar-refractivity contribution in [1.82, 2.24) is 0 Å². The van der Waals surface area contributed by atoms with Crippen LogP contribution in [0.4, 0.5) is 0 Å². The zero-order valence-electron chi connectivity index (χ0n) is 17.7. The van der Waals surface area contributed by atoms with E-state index in [1.807, 2.05) is 0 Å². The van der Waals surface area contributed by atoms with Crippen molar-refractivity contribution in [2.45, 2.75) is 85.8 Å². The average Bonchev–Trinajstić information content (AvgIpc) is 2.84. The van der Waals surface area contributed by atoms with E-state index in [2.05, 4.69) is 0 Å². The molecule has 14 atom stereocenters. The largest absolute Gasteiger partial charge is 0.394 e. The topological polar surface area (TPSA) is 277 Å². The van der Waals surface area contributed by atoms with E-state index in [1.54, 1.807) is 0 Å². The third kappa shape index (κ3) is 6.25. The Bertz CT molecular complexity index is 621. The maximum absolute atomic E-state index is 11.8. The number of carbonyl (C=O) groups is 1. The number of aliphatic hydroxyl groups excluding tert-OH is 11. The lowest BCUT2D eigenvalue weighted by atomic mass is 9.98. The minimum Gasteiger partial charge on any atom is -0.394 e.